The van der Waals surface area contributed by atoms with Crippen molar-refractivity contribution in [2.24, 2.45) is 0 Å². The quantitative estimate of drug-likeness (QED) is 0.456. The van der Waals surface area contributed by atoms with Gasteiger partial charge in [0.2, 0.25) is 10.0 Å². The van der Waals surface area contributed by atoms with Gasteiger partial charge in [0.1, 0.15) is 4.21 Å². The van der Waals surface area contributed by atoms with E-state index in [0.29, 0.717) is 11.3 Å². The highest BCUT2D eigenvalue weighted by Gasteiger charge is 2.25. The van der Waals surface area contributed by atoms with Gasteiger partial charge >= 0.3 is 5.97 Å². The van der Waals surface area contributed by atoms with E-state index < -0.39 is 26.6 Å². The molecule has 8 nitrogen and oxygen atoms in total. The van der Waals surface area contributed by atoms with Gasteiger partial charge in [-0.2, -0.15) is 0 Å². The van der Waals surface area contributed by atoms with Crippen LogP contribution in [0.3, 0.4) is 0 Å². The van der Waals surface area contributed by atoms with Gasteiger partial charge in [0.25, 0.3) is 5.69 Å². The zero-order chi connectivity index (χ0) is 15.3. The van der Waals surface area contributed by atoms with E-state index in [0.717, 1.165) is 6.07 Å². The molecule has 0 bridgehead atoms. The van der Waals surface area contributed by atoms with Crippen molar-refractivity contribution in [1.82, 2.24) is 4.72 Å². The zero-order valence-electron chi connectivity index (χ0n) is 10.3. The molecule has 11 heteroatoms. The van der Waals surface area contributed by atoms with Crippen molar-refractivity contribution in [3.05, 3.63) is 20.5 Å². The van der Waals surface area contributed by atoms with Gasteiger partial charge in [-0.1, -0.05) is 11.6 Å². The second-order valence-corrected chi connectivity index (χ2v) is 7.08. The molecule has 112 valence electrons. The normalized spacial score (nSPS) is 11.3. The Hall–Kier alpha value is -1.23. The number of rotatable bonds is 7. The van der Waals surface area contributed by atoms with E-state index in [-0.39, 0.29) is 28.1 Å². The van der Waals surface area contributed by atoms with Gasteiger partial charge in [0.05, 0.1) is 18.0 Å². The first kappa shape index (κ1) is 16.8. The molecule has 1 aromatic rings. The van der Waals surface area contributed by atoms with E-state index >= 15 is 0 Å². The van der Waals surface area contributed by atoms with Crippen molar-refractivity contribution in [1.29, 1.82) is 0 Å². The molecule has 1 aromatic heterocycles. The summed E-state index contributed by atoms with van der Waals surface area (Å²) in [6.45, 7) is 1.68. The minimum Gasteiger partial charge on any atom is -0.466 e. The largest absolute Gasteiger partial charge is 0.466 e. The van der Waals surface area contributed by atoms with Crippen molar-refractivity contribution in [2.45, 2.75) is 17.6 Å². The van der Waals surface area contributed by atoms with Crippen molar-refractivity contribution in [3.8, 4) is 0 Å². The fourth-order valence-corrected chi connectivity index (χ4v) is 3.93. The molecule has 0 amide bonds. The van der Waals surface area contributed by atoms with Crippen LogP contribution in [0.1, 0.15) is 13.3 Å². The number of hydrogen-bond donors (Lipinski definition) is 1. The number of ether oxygens (including phenoxy) is 1. The van der Waals surface area contributed by atoms with E-state index in [1.54, 1.807) is 6.92 Å². The Labute approximate surface area is 123 Å². The summed E-state index contributed by atoms with van der Waals surface area (Å²) < 4.78 is 29.9. The van der Waals surface area contributed by atoms with Crippen molar-refractivity contribution >= 4 is 44.6 Å². The predicted octanol–water partition coefficient (Wildman–Crippen LogP) is 1.54. The topological polar surface area (TPSA) is 116 Å². The Bertz CT molecular complexity index is 612. The summed E-state index contributed by atoms with van der Waals surface area (Å²) >= 11 is 6.16. The van der Waals surface area contributed by atoms with E-state index in [9.17, 15) is 23.3 Å². The molecule has 1 rings (SSSR count). The Kier molecular flexibility index (Phi) is 5.87. The number of esters is 1. The van der Waals surface area contributed by atoms with Crippen molar-refractivity contribution < 1.29 is 22.9 Å². The fourth-order valence-electron chi connectivity index (χ4n) is 1.19. The molecule has 0 saturated heterocycles. The van der Waals surface area contributed by atoms with Crippen LogP contribution < -0.4 is 4.72 Å². The first-order valence-electron chi connectivity index (χ1n) is 5.37. The van der Waals surface area contributed by atoms with Crippen LogP contribution in [-0.2, 0) is 19.6 Å². The van der Waals surface area contributed by atoms with Gasteiger partial charge in [-0.15, -0.1) is 11.3 Å². The van der Waals surface area contributed by atoms with E-state index in [1.807, 2.05) is 0 Å². The zero-order valence-corrected chi connectivity index (χ0v) is 12.7. The Morgan fingerprint density at radius 1 is 1.60 bits per heavy atom. The van der Waals surface area contributed by atoms with Gasteiger partial charge in [-0.3, -0.25) is 14.9 Å². The lowest BCUT2D eigenvalue weighted by Gasteiger charge is -2.04. The van der Waals surface area contributed by atoms with Crippen LogP contribution in [0, 0.1) is 10.1 Å². The summed E-state index contributed by atoms with van der Waals surface area (Å²) in [4.78, 5) is 20.9. The Balaban J connectivity index is 2.72. The van der Waals surface area contributed by atoms with E-state index in [2.05, 4.69) is 9.46 Å². The number of carbonyl (C=O) groups is 1. The molecule has 0 unspecified atom stereocenters. The summed E-state index contributed by atoms with van der Waals surface area (Å²) in [7, 11) is -3.93. The highest BCUT2D eigenvalue weighted by molar-refractivity contribution is 7.91. The predicted molar refractivity (Wildman–Crippen MR) is 72.4 cm³/mol. The molecule has 0 atom stereocenters. The van der Waals surface area contributed by atoms with Crippen LogP contribution in [-0.4, -0.2) is 32.5 Å². The minimum atomic E-state index is -3.93. The third-order valence-corrected chi connectivity index (χ3v) is 5.31. The number of nitrogens with one attached hydrogen (secondary N) is 1. The summed E-state index contributed by atoms with van der Waals surface area (Å²) in [5.74, 6) is -0.537. The first-order valence-corrected chi connectivity index (χ1v) is 8.04. The van der Waals surface area contributed by atoms with Gasteiger partial charge in [0, 0.05) is 12.6 Å². The molecular formula is C9H11ClN2O6S2. The van der Waals surface area contributed by atoms with Gasteiger partial charge in [-0.05, 0) is 6.92 Å². The summed E-state index contributed by atoms with van der Waals surface area (Å²) in [5, 5.41) is 10.6. The third-order valence-electron chi connectivity index (χ3n) is 2.03. The molecule has 0 saturated carbocycles. The lowest BCUT2D eigenvalue weighted by molar-refractivity contribution is -0.384. The molecule has 0 fully saturated rings. The van der Waals surface area contributed by atoms with Gasteiger partial charge in [0.15, 0.2) is 4.34 Å². The van der Waals surface area contributed by atoms with Gasteiger partial charge in [-0.25, -0.2) is 13.1 Å². The van der Waals surface area contributed by atoms with Crippen LogP contribution in [0.25, 0.3) is 0 Å². The lowest BCUT2D eigenvalue weighted by Crippen LogP contribution is -2.26. The molecule has 0 radical (unpaired) electrons. The minimum absolute atomic E-state index is 0.131. The monoisotopic (exact) mass is 342 g/mol. The maximum atomic E-state index is 11.8. The second kappa shape index (κ2) is 6.97. The Morgan fingerprint density at radius 2 is 2.25 bits per heavy atom. The Morgan fingerprint density at radius 3 is 2.75 bits per heavy atom. The first-order chi connectivity index (χ1) is 9.27. The molecule has 0 spiro atoms. The molecule has 0 aliphatic heterocycles. The molecule has 20 heavy (non-hydrogen) atoms. The van der Waals surface area contributed by atoms with E-state index in [4.69, 9.17) is 11.6 Å². The summed E-state index contributed by atoms with van der Waals surface area (Å²) in [6, 6.07) is 0.875. The maximum Gasteiger partial charge on any atom is 0.307 e. The number of nitro groups is 1. The average Bonchev–Trinajstić information content (AvgIpc) is 2.72. The van der Waals surface area contributed by atoms with Crippen molar-refractivity contribution in [2.75, 3.05) is 13.2 Å². The molecule has 1 heterocycles. The smallest absolute Gasteiger partial charge is 0.307 e. The highest BCUT2D eigenvalue weighted by Crippen LogP contribution is 2.35. The number of hydrogen-bond acceptors (Lipinski definition) is 7. The number of nitrogens with zero attached hydrogens (tertiary/aromatic N) is 1. The molecule has 0 aromatic carbocycles. The summed E-state index contributed by atoms with van der Waals surface area (Å²) in [6.07, 6.45) is -0.131. The number of halogens is 1. The maximum absolute atomic E-state index is 11.8. The van der Waals surface area contributed by atoms with Crippen molar-refractivity contribution in [3.63, 3.8) is 0 Å². The summed E-state index contributed by atoms with van der Waals surface area (Å²) in [5.41, 5.74) is -0.470. The molecular weight excluding hydrogens is 332 g/mol. The SMILES string of the molecule is CCOC(=O)CCNS(=O)(=O)c1cc([N+](=O)[O-])c(Cl)s1. The molecule has 0 aliphatic carbocycles. The standard InChI is InChI=1S/C9H11ClN2O6S2/c1-2-18-7(13)3-4-11-20(16,17)8-5-6(12(14)15)9(10)19-8/h5,11H,2-4H2,1H3. The average molecular weight is 343 g/mol. The molecule has 0 aliphatic rings. The van der Waals surface area contributed by atoms with Gasteiger partial charge < -0.3 is 4.74 Å². The second-order valence-electron chi connectivity index (χ2n) is 3.43. The van der Waals surface area contributed by atoms with Crippen LogP contribution in [0.2, 0.25) is 4.34 Å². The number of thiophene rings is 1. The van der Waals surface area contributed by atoms with Crippen LogP contribution >= 0.6 is 22.9 Å². The van der Waals surface area contributed by atoms with Crippen LogP contribution in [0.15, 0.2) is 10.3 Å². The lowest BCUT2D eigenvalue weighted by atomic mass is 10.4. The van der Waals surface area contributed by atoms with E-state index in [1.165, 1.54) is 0 Å². The number of sulfonamides is 1. The fraction of sp³-hybridized carbons (Fsp3) is 0.444. The third kappa shape index (κ3) is 4.40. The molecule has 1 N–H and O–H groups in total. The number of carbonyl (C=O) groups excluding carboxylic acids is 1. The van der Waals surface area contributed by atoms with Crippen LogP contribution in [0.5, 0.6) is 0 Å². The van der Waals surface area contributed by atoms with Crippen LogP contribution in [0.4, 0.5) is 5.69 Å². The highest BCUT2D eigenvalue weighted by atomic mass is 35.5.